The van der Waals surface area contributed by atoms with Crippen LogP contribution >= 0.6 is 11.6 Å². The number of hydrogen-bond acceptors (Lipinski definition) is 6. The van der Waals surface area contributed by atoms with E-state index in [0.717, 1.165) is 0 Å². The molecule has 1 aromatic rings. The van der Waals surface area contributed by atoms with Crippen molar-refractivity contribution in [2.45, 2.75) is 64.0 Å². The van der Waals surface area contributed by atoms with Crippen LogP contribution in [-0.2, 0) is 29.3 Å². The molecule has 0 radical (unpaired) electrons. The van der Waals surface area contributed by atoms with Gasteiger partial charge in [-0.1, -0.05) is 17.7 Å². The van der Waals surface area contributed by atoms with Crippen LogP contribution in [0.1, 0.15) is 63.4 Å². The molecule has 0 saturated carbocycles. The van der Waals surface area contributed by atoms with E-state index in [1.54, 1.807) is 32.9 Å². The van der Waals surface area contributed by atoms with Crippen LogP contribution in [0, 0.1) is 5.92 Å². The predicted octanol–water partition coefficient (Wildman–Crippen LogP) is 3.01. The van der Waals surface area contributed by atoms with Gasteiger partial charge in [-0.15, -0.1) is 0 Å². The Morgan fingerprint density at radius 3 is 2.32 bits per heavy atom. The molecule has 0 bridgehead atoms. The minimum Gasteiger partial charge on any atom is -0.458 e. The highest BCUT2D eigenvalue weighted by Crippen LogP contribution is 2.44. The average molecular weight is 450 g/mol. The Kier molecular flexibility index (Phi) is 6.06. The zero-order chi connectivity index (χ0) is 23.2. The van der Waals surface area contributed by atoms with Crippen molar-refractivity contribution in [2.24, 2.45) is 5.92 Å². The molecule has 1 aromatic carbocycles. The number of Topliss-reactive ketones (excluding diaryl/α,β-unsaturated/α-hetero) is 2. The van der Waals surface area contributed by atoms with Crippen LogP contribution in [0.2, 0.25) is 5.02 Å². The normalized spacial score (nSPS) is 20.9. The minimum absolute atomic E-state index is 0.268. The van der Waals surface area contributed by atoms with E-state index in [2.05, 4.69) is 5.32 Å². The zero-order valence-electron chi connectivity index (χ0n) is 18.5. The number of carbonyl (C=O) groups is 4. The van der Waals surface area contributed by atoms with Crippen LogP contribution < -0.4 is 5.32 Å². The first-order valence-electron chi connectivity index (χ1n) is 10.3. The van der Waals surface area contributed by atoms with Gasteiger partial charge in [-0.05, 0) is 65.2 Å². The number of ketones is 2. The maximum absolute atomic E-state index is 13.6. The molecule has 168 valence electrons. The van der Waals surface area contributed by atoms with Crippen molar-refractivity contribution in [3.05, 3.63) is 34.3 Å². The number of halogens is 1. The van der Waals surface area contributed by atoms with Crippen molar-refractivity contribution in [2.75, 3.05) is 13.2 Å². The van der Waals surface area contributed by atoms with Gasteiger partial charge in [-0.2, -0.15) is 0 Å². The lowest BCUT2D eigenvalue weighted by Gasteiger charge is -2.42. The first-order chi connectivity index (χ1) is 14.3. The smallest absolute Gasteiger partial charge is 0.331 e. The van der Waals surface area contributed by atoms with Gasteiger partial charge < -0.3 is 14.8 Å². The lowest BCUT2D eigenvalue weighted by molar-refractivity contribution is -0.163. The third-order valence-corrected chi connectivity index (χ3v) is 5.95. The molecule has 1 heterocycles. The van der Waals surface area contributed by atoms with Crippen LogP contribution in [0.3, 0.4) is 0 Å². The second kappa shape index (κ2) is 8.02. The number of rotatable bonds is 3. The fourth-order valence-corrected chi connectivity index (χ4v) is 4.30. The summed E-state index contributed by atoms with van der Waals surface area (Å²) in [4.78, 5) is 52.6. The van der Waals surface area contributed by atoms with E-state index in [0.29, 0.717) is 36.6 Å². The third-order valence-electron chi connectivity index (χ3n) is 5.71. The lowest BCUT2D eigenvalue weighted by atomic mass is 9.61. The van der Waals surface area contributed by atoms with Crippen molar-refractivity contribution in [1.82, 2.24) is 5.32 Å². The van der Waals surface area contributed by atoms with Gasteiger partial charge in [0, 0.05) is 23.8 Å². The van der Waals surface area contributed by atoms with Gasteiger partial charge in [0.25, 0.3) is 0 Å². The van der Waals surface area contributed by atoms with E-state index < -0.39 is 45.9 Å². The highest BCUT2D eigenvalue weighted by atomic mass is 35.5. The van der Waals surface area contributed by atoms with Crippen LogP contribution in [0.4, 0.5) is 0 Å². The van der Waals surface area contributed by atoms with Gasteiger partial charge >= 0.3 is 5.97 Å². The summed E-state index contributed by atoms with van der Waals surface area (Å²) in [6, 6.07) is 4.84. The number of fused-ring (bicyclic) bond motifs is 2. The number of amides is 1. The topological polar surface area (TPSA) is 98.8 Å². The summed E-state index contributed by atoms with van der Waals surface area (Å²) in [5, 5.41) is 2.90. The lowest BCUT2D eigenvalue weighted by Crippen LogP contribution is -2.59. The van der Waals surface area contributed by atoms with Crippen molar-refractivity contribution >= 4 is 35.0 Å². The molecule has 1 saturated heterocycles. The Bertz CT molecular complexity index is 940. The van der Waals surface area contributed by atoms with Crippen molar-refractivity contribution in [1.29, 1.82) is 0 Å². The van der Waals surface area contributed by atoms with Crippen molar-refractivity contribution in [3.63, 3.8) is 0 Å². The Morgan fingerprint density at radius 1 is 1.13 bits per heavy atom. The van der Waals surface area contributed by atoms with Crippen LogP contribution in [0.25, 0.3) is 0 Å². The molecule has 1 fully saturated rings. The van der Waals surface area contributed by atoms with Gasteiger partial charge in [0.2, 0.25) is 5.91 Å². The van der Waals surface area contributed by atoms with Gasteiger partial charge in [0.05, 0.1) is 5.41 Å². The van der Waals surface area contributed by atoms with E-state index >= 15 is 0 Å². The first kappa shape index (κ1) is 23.4. The highest BCUT2D eigenvalue weighted by Gasteiger charge is 2.55. The van der Waals surface area contributed by atoms with E-state index in [-0.39, 0.29) is 5.56 Å². The Labute approximate surface area is 186 Å². The molecular weight excluding hydrogens is 422 g/mol. The maximum atomic E-state index is 13.6. The zero-order valence-corrected chi connectivity index (χ0v) is 19.2. The summed E-state index contributed by atoms with van der Waals surface area (Å²) in [6.07, 6.45) is 0.736. The summed E-state index contributed by atoms with van der Waals surface area (Å²) in [5.74, 6) is -4.12. The molecule has 1 amide bonds. The molecule has 31 heavy (non-hydrogen) atoms. The standard InChI is InChI=1S/C23H28ClNO6/c1-21(2,3)31-20(29)22(4,5)25-19(28)16-17(26)14-12-13(24)6-7-15(14)23(18(16)27)8-10-30-11-9-23/h6-7,12,16H,8-11H2,1-5H3,(H,25,28). The fourth-order valence-electron chi connectivity index (χ4n) is 4.13. The molecule has 1 aliphatic carbocycles. The van der Waals surface area contributed by atoms with E-state index in [1.807, 2.05) is 0 Å². The Balaban J connectivity index is 1.97. The molecule has 1 unspecified atom stereocenters. The second-order valence-corrected chi connectivity index (χ2v) is 10.1. The number of esters is 1. The molecule has 1 N–H and O–H groups in total. The molecule has 1 aliphatic heterocycles. The SMILES string of the molecule is CC(C)(C)OC(=O)C(C)(C)NC(=O)C1C(=O)c2cc(Cl)ccc2C2(CCOCC2)C1=O. The fraction of sp³-hybridized carbons (Fsp3) is 0.565. The summed E-state index contributed by atoms with van der Waals surface area (Å²) in [7, 11) is 0. The largest absolute Gasteiger partial charge is 0.458 e. The molecule has 1 spiro atoms. The molecular formula is C23H28ClNO6. The van der Waals surface area contributed by atoms with E-state index in [4.69, 9.17) is 21.1 Å². The minimum atomic E-state index is -1.56. The summed E-state index contributed by atoms with van der Waals surface area (Å²) in [6.45, 7) is 8.79. The monoisotopic (exact) mass is 449 g/mol. The van der Waals surface area contributed by atoms with E-state index in [1.165, 1.54) is 19.9 Å². The van der Waals surface area contributed by atoms with E-state index in [9.17, 15) is 19.2 Å². The molecule has 3 rings (SSSR count). The Hall–Kier alpha value is -2.25. The summed E-state index contributed by atoms with van der Waals surface area (Å²) >= 11 is 6.12. The number of benzene rings is 1. The average Bonchev–Trinajstić information content (AvgIpc) is 2.65. The molecule has 7 nitrogen and oxygen atoms in total. The first-order valence-corrected chi connectivity index (χ1v) is 10.7. The number of nitrogens with one attached hydrogen (secondary N) is 1. The molecule has 0 aromatic heterocycles. The summed E-state index contributed by atoms with van der Waals surface area (Å²) < 4.78 is 10.8. The highest BCUT2D eigenvalue weighted by molar-refractivity contribution is 6.33. The predicted molar refractivity (Wildman–Crippen MR) is 114 cm³/mol. The number of carbonyl (C=O) groups excluding carboxylic acids is 4. The Morgan fingerprint density at radius 2 is 1.74 bits per heavy atom. The number of hydrogen-bond donors (Lipinski definition) is 1. The third kappa shape index (κ3) is 4.39. The van der Waals surface area contributed by atoms with Crippen molar-refractivity contribution < 1.29 is 28.7 Å². The molecule has 8 heteroatoms. The molecule has 1 atom stereocenters. The second-order valence-electron chi connectivity index (χ2n) is 9.66. The summed E-state index contributed by atoms with van der Waals surface area (Å²) in [5.41, 5.74) is -2.32. The van der Waals surface area contributed by atoms with Gasteiger partial charge in [-0.3, -0.25) is 14.4 Å². The van der Waals surface area contributed by atoms with Gasteiger partial charge in [0.1, 0.15) is 11.1 Å². The maximum Gasteiger partial charge on any atom is 0.331 e. The number of ether oxygens (including phenoxy) is 2. The van der Waals surface area contributed by atoms with Crippen LogP contribution in [-0.4, -0.2) is 47.8 Å². The van der Waals surface area contributed by atoms with Crippen LogP contribution in [0.5, 0.6) is 0 Å². The quantitative estimate of drug-likeness (QED) is 0.562. The van der Waals surface area contributed by atoms with Crippen molar-refractivity contribution in [3.8, 4) is 0 Å². The van der Waals surface area contributed by atoms with Crippen LogP contribution in [0.15, 0.2) is 18.2 Å². The van der Waals surface area contributed by atoms with Gasteiger partial charge in [0.15, 0.2) is 17.5 Å². The van der Waals surface area contributed by atoms with Gasteiger partial charge in [-0.25, -0.2) is 4.79 Å². The molecule has 2 aliphatic rings.